The Kier molecular flexibility index (Phi) is 5.55. The molecule has 0 radical (unpaired) electrons. The number of likely N-dealkylation sites (N-methyl/N-ethyl adjacent to an activating group) is 1. The largest absolute Gasteiger partial charge is 0.492 e. The molecule has 0 N–H and O–H groups in total. The molecule has 0 aromatic carbocycles. The fourth-order valence-corrected chi connectivity index (χ4v) is 3.70. The molecule has 2 aromatic heterocycles. The lowest BCUT2D eigenvalue weighted by Gasteiger charge is -2.17. The first-order chi connectivity index (χ1) is 12.1. The predicted octanol–water partition coefficient (Wildman–Crippen LogP) is 1.81. The summed E-state index contributed by atoms with van der Waals surface area (Å²) in [5.41, 5.74) is 0.947. The summed E-state index contributed by atoms with van der Waals surface area (Å²) >= 11 is 1.66. The number of esters is 1. The van der Waals surface area contributed by atoms with Gasteiger partial charge < -0.3 is 18.9 Å². The van der Waals surface area contributed by atoms with E-state index in [1.807, 2.05) is 24.6 Å². The van der Waals surface area contributed by atoms with Gasteiger partial charge in [0.1, 0.15) is 11.3 Å². The molecule has 2 aromatic rings. The van der Waals surface area contributed by atoms with Gasteiger partial charge in [-0.05, 0) is 18.5 Å². The lowest BCUT2D eigenvalue weighted by atomic mass is 10.1. The maximum Gasteiger partial charge on any atom is 0.343 e. The van der Waals surface area contributed by atoms with Gasteiger partial charge in [0.25, 0.3) is 5.56 Å². The summed E-state index contributed by atoms with van der Waals surface area (Å²) in [4.78, 5) is 28.2. The SMILES string of the molecule is COC(=O)c1c(OCCc2cccs2)cc(=O)n2c1CCN(C)CC2. The number of aromatic nitrogens is 1. The number of hydrogen-bond acceptors (Lipinski definition) is 6. The minimum absolute atomic E-state index is 0.135. The second-order valence-corrected chi connectivity index (χ2v) is 7.08. The van der Waals surface area contributed by atoms with Crippen molar-refractivity contribution in [3.63, 3.8) is 0 Å². The molecule has 0 spiro atoms. The van der Waals surface area contributed by atoms with E-state index in [2.05, 4.69) is 4.90 Å². The molecular weight excluding hydrogens is 340 g/mol. The Morgan fingerprint density at radius 3 is 2.88 bits per heavy atom. The van der Waals surface area contributed by atoms with E-state index in [4.69, 9.17) is 9.47 Å². The van der Waals surface area contributed by atoms with Gasteiger partial charge in [0.05, 0.1) is 13.7 Å². The third-order valence-electron chi connectivity index (χ3n) is 4.39. The van der Waals surface area contributed by atoms with Crippen molar-refractivity contribution in [3.05, 3.63) is 50.1 Å². The van der Waals surface area contributed by atoms with E-state index in [1.165, 1.54) is 18.1 Å². The number of fused-ring (bicyclic) bond motifs is 1. The molecule has 0 atom stereocenters. The molecule has 25 heavy (non-hydrogen) atoms. The van der Waals surface area contributed by atoms with Crippen molar-refractivity contribution in [2.45, 2.75) is 19.4 Å². The van der Waals surface area contributed by atoms with Crippen LogP contribution in [0.3, 0.4) is 0 Å². The van der Waals surface area contributed by atoms with Gasteiger partial charge >= 0.3 is 5.97 Å². The molecule has 0 fully saturated rings. The van der Waals surface area contributed by atoms with E-state index in [-0.39, 0.29) is 5.56 Å². The number of rotatable bonds is 5. The van der Waals surface area contributed by atoms with Gasteiger partial charge in [-0.15, -0.1) is 11.3 Å². The van der Waals surface area contributed by atoms with Crippen LogP contribution in [0.2, 0.25) is 0 Å². The van der Waals surface area contributed by atoms with Crippen LogP contribution in [0.1, 0.15) is 20.9 Å². The second-order valence-electron chi connectivity index (χ2n) is 6.04. The van der Waals surface area contributed by atoms with Crippen LogP contribution in [0.5, 0.6) is 5.75 Å². The summed E-state index contributed by atoms with van der Waals surface area (Å²) in [6.45, 7) is 2.52. The van der Waals surface area contributed by atoms with Gasteiger partial charge in [0, 0.05) is 49.1 Å². The molecule has 0 aliphatic carbocycles. The predicted molar refractivity (Wildman–Crippen MR) is 96.8 cm³/mol. The van der Waals surface area contributed by atoms with Gasteiger partial charge in [-0.25, -0.2) is 4.79 Å². The number of nitrogens with zero attached hydrogens (tertiary/aromatic N) is 2. The van der Waals surface area contributed by atoms with E-state index in [1.54, 1.807) is 15.9 Å². The second kappa shape index (κ2) is 7.84. The Balaban J connectivity index is 1.92. The van der Waals surface area contributed by atoms with Crippen LogP contribution >= 0.6 is 11.3 Å². The van der Waals surface area contributed by atoms with Crippen LogP contribution in [-0.2, 0) is 24.1 Å². The zero-order valence-corrected chi connectivity index (χ0v) is 15.3. The zero-order valence-electron chi connectivity index (χ0n) is 14.5. The quantitative estimate of drug-likeness (QED) is 0.759. The first kappa shape index (κ1) is 17.7. The molecule has 7 heteroatoms. The highest BCUT2D eigenvalue weighted by molar-refractivity contribution is 7.09. The molecule has 3 heterocycles. The van der Waals surface area contributed by atoms with Gasteiger partial charge in [0.15, 0.2) is 0 Å². The van der Waals surface area contributed by atoms with E-state index in [0.717, 1.165) is 19.5 Å². The van der Waals surface area contributed by atoms with Crippen molar-refractivity contribution >= 4 is 17.3 Å². The van der Waals surface area contributed by atoms with Crippen LogP contribution < -0.4 is 10.3 Å². The number of hydrogen-bond donors (Lipinski definition) is 0. The molecular formula is C18H22N2O4S. The molecule has 0 unspecified atom stereocenters. The van der Waals surface area contributed by atoms with Crippen LogP contribution in [0.25, 0.3) is 0 Å². The van der Waals surface area contributed by atoms with Gasteiger partial charge in [-0.3, -0.25) is 4.79 Å². The summed E-state index contributed by atoms with van der Waals surface area (Å²) in [7, 11) is 3.36. The van der Waals surface area contributed by atoms with Crippen molar-refractivity contribution in [1.29, 1.82) is 0 Å². The number of pyridine rings is 1. The van der Waals surface area contributed by atoms with Crippen LogP contribution in [0, 0.1) is 0 Å². The molecule has 6 nitrogen and oxygen atoms in total. The summed E-state index contributed by atoms with van der Waals surface area (Å²) in [6.07, 6.45) is 1.34. The highest BCUT2D eigenvalue weighted by Crippen LogP contribution is 2.24. The maximum absolute atomic E-state index is 12.5. The van der Waals surface area contributed by atoms with Crippen LogP contribution in [0.4, 0.5) is 0 Å². The average Bonchev–Trinajstić information content (AvgIpc) is 3.04. The van der Waals surface area contributed by atoms with Crippen LogP contribution in [-0.4, -0.2) is 49.3 Å². The molecule has 134 valence electrons. The number of carbonyl (C=O) groups excluding carboxylic acids is 1. The van der Waals surface area contributed by atoms with Crippen molar-refractivity contribution in [1.82, 2.24) is 9.47 Å². The molecule has 0 bridgehead atoms. The van der Waals surface area contributed by atoms with Gasteiger partial charge in [-0.1, -0.05) is 6.07 Å². The summed E-state index contributed by atoms with van der Waals surface area (Å²) in [5, 5.41) is 2.01. The van der Waals surface area contributed by atoms with Gasteiger partial charge in [0.2, 0.25) is 0 Å². The maximum atomic E-state index is 12.5. The third kappa shape index (κ3) is 3.93. The Morgan fingerprint density at radius 2 is 2.16 bits per heavy atom. The number of carbonyl (C=O) groups is 1. The lowest BCUT2D eigenvalue weighted by Crippen LogP contribution is -2.28. The Labute approximate surface area is 150 Å². The zero-order chi connectivity index (χ0) is 17.8. The third-order valence-corrected chi connectivity index (χ3v) is 5.33. The fourth-order valence-electron chi connectivity index (χ4n) is 3.01. The fraction of sp³-hybridized carbons (Fsp3) is 0.444. The number of thiophene rings is 1. The van der Waals surface area contributed by atoms with Crippen molar-refractivity contribution in [2.24, 2.45) is 0 Å². The lowest BCUT2D eigenvalue weighted by molar-refractivity contribution is 0.0593. The van der Waals surface area contributed by atoms with Crippen molar-refractivity contribution < 1.29 is 14.3 Å². The molecule has 0 amide bonds. The monoisotopic (exact) mass is 362 g/mol. The Hall–Kier alpha value is -2.12. The Morgan fingerprint density at radius 1 is 1.32 bits per heavy atom. The van der Waals surface area contributed by atoms with E-state index in [9.17, 15) is 9.59 Å². The first-order valence-corrected chi connectivity index (χ1v) is 9.17. The highest BCUT2D eigenvalue weighted by Gasteiger charge is 2.25. The average molecular weight is 362 g/mol. The molecule has 0 saturated heterocycles. The van der Waals surface area contributed by atoms with E-state index >= 15 is 0 Å². The highest BCUT2D eigenvalue weighted by atomic mass is 32.1. The first-order valence-electron chi connectivity index (χ1n) is 8.29. The number of methoxy groups -OCH3 is 1. The minimum atomic E-state index is -0.459. The molecule has 3 rings (SSSR count). The standard InChI is InChI=1S/C18H22N2O4S/c1-19-7-5-14-17(18(22)23-2)15(12-16(21)20(14)9-8-19)24-10-6-13-4-3-11-25-13/h3-4,11-12H,5-10H2,1-2H3. The van der Waals surface area contributed by atoms with Gasteiger partial charge in [-0.2, -0.15) is 0 Å². The normalized spacial score (nSPS) is 14.6. The van der Waals surface area contributed by atoms with Crippen molar-refractivity contribution in [2.75, 3.05) is 33.9 Å². The number of ether oxygens (including phenoxy) is 2. The topological polar surface area (TPSA) is 60.8 Å². The summed E-state index contributed by atoms with van der Waals surface area (Å²) < 4.78 is 12.5. The van der Waals surface area contributed by atoms with E-state index < -0.39 is 5.97 Å². The Bertz CT molecular complexity index is 798. The molecule has 0 saturated carbocycles. The smallest absolute Gasteiger partial charge is 0.343 e. The van der Waals surface area contributed by atoms with Crippen LogP contribution in [0.15, 0.2) is 28.4 Å². The summed E-state index contributed by atoms with van der Waals surface area (Å²) in [5.74, 6) is -0.136. The minimum Gasteiger partial charge on any atom is -0.492 e. The molecule has 1 aliphatic rings. The van der Waals surface area contributed by atoms with Crippen molar-refractivity contribution in [3.8, 4) is 5.75 Å². The van der Waals surface area contributed by atoms with E-state index in [0.29, 0.717) is 36.6 Å². The molecule has 1 aliphatic heterocycles. The summed E-state index contributed by atoms with van der Waals surface area (Å²) in [6, 6.07) is 5.44.